The zero-order valence-electron chi connectivity index (χ0n) is 16.9. The number of hydrogen-bond donors (Lipinski definition) is 1. The van der Waals surface area contributed by atoms with Gasteiger partial charge in [0.1, 0.15) is 5.75 Å². The number of benzene rings is 3. The molecule has 1 amide bonds. The van der Waals surface area contributed by atoms with E-state index in [0.29, 0.717) is 6.42 Å². The van der Waals surface area contributed by atoms with E-state index in [4.69, 9.17) is 4.74 Å². The number of thioether (sulfide) groups is 1. The van der Waals surface area contributed by atoms with Gasteiger partial charge >= 0.3 is 0 Å². The van der Waals surface area contributed by atoms with Crippen molar-refractivity contribution in [1.82, 2.24) is 0 Å². The Morgan fingerprint density at radius 3 is 2.17 bits per heavy atom. The molecule has 3 aromatic rings. The molecule has 0 aliphatic heterocycles. The molecule has 0 radical (unpaired) electrons. The zero-order valence-corrected chi connectivity index (χ0v) is 17.7. The molecule has 29 heavy (non-hydrogen) atoms. The molecule has 4 heteroatoms. The molecule has 0 aliphatic rings. The van der Waals surface area contributed by atoms with Crippen LogP contribution >= 0.6 is 11.8 Å². The first-order valence-electron chi connectivity index (χ1n) is 10.0. The third-order valence-electron chi connectivity index (χ3n) is 4.64. The fourth-order valence-electron chi connectivity index (χ4n) is 2.88. The number of aryl methyl sites for hydroxylation is 1. The fourth-order valence-corrected chi connectivity index (χ4v) is 3.76. The molecule has 3 rings (SSSR count). The monoisotopic (exact) mass is 405 g/mol. The largest absolute Gasteiger partial charge is 0.481 e. The average molecular weight is 406 g/mol. The second kappa shape index (κ2) is 10.7. The van der Waals surface area contributed by atoms with Crippen molar-refractivity contribution in [2.24, 2.45) is 0 Å². The molecule has 0 fully saturated rings. The maximum Gasteiger partial charge on any atom is 0.265 e. The van der Waals surface area contributed by atoms with Gasteiger partial charge in [0.05, 0.1) is 0 Å². The van der Waals surface area contributed by atoms with E-state index in [9.17, 15) is 4.79 Å². The SMILES string of the molecule is CCc1ccc(O[C@H](CC)C(=O)Nc2ccc(CSc3ccccc3)cc2)cc1. The van der Waals surface area contributed by atoms with Crippen LogP contribution in [0, 0.1) is 0 Å². The van der Waals surface area contributed by atoms with Crippen LogP contribution in [-0.2, 0) is 17.0 Å². The molecule has 1 N–H and O–H groups in total. The van der Waals surface area contributed by atoms with Crippen LogP contribution in [0.15, 0.2) is 83.8 Å². The van der Waals surface area contributed by atoms with E-state index in [0.717, 1.165) is 23.6 Å². The second-order valence-corrected chi connectivity index (χ2v) is 7.85. The first kappa shape index (κ1) is 21.0. The normalized spacial score (nSPS) is 11.7. The lowest BCUT2D eigenvalue weighted by molar-refractivity contribution is -0.122. The molecule has 150 valence electrons. The van der Waals surface area contributed by atoms with Gasteiger partial charge in [-0.15, -0.1) is 11.8 Å². The molecule has 0 saturated heterocycles. The summed E-state index contributed by atoms with van der Waals surface area (Å²) in [6, 6.07) is 26.3. The first-order chi connectivity index (χ1) is 14.2. The highest BCUT2D eigenvalue weighted by Crippen LogP contribution is 2.23. The summed E-state index contributed by atoms with van der Waals surface area (Å²) in [6.07, 6.45) is 1.07. The predicted octanol–water partition coefficient (Wildman–Crippen LogP) is 6.34. The van der Waals surface area contributed by atoms with Crippen LogP contribution in [0.5, 0.6) is 5.75 Å². The van der Waals surface area contributed by atoms with Crippen molar-refractivity contribution in [2.45, 2.75) is 43.4 Å². The van der Waals surface area contributed by atoms with Gasteiger partial charge in [0.25, 0.3) is 5.91 Å². The van der Waals surface area contributed by atoms with Crippen molar-refractivity contribution in [1.29, 1.82) is 0 Å². The summed E-state index contributed by atoms with van der Waals surface area (Å²) >= 11 is 1.80. The number of hydrogen-bond acceptors (Lipinski definition) is 3. The Morgan fingerprint density at radius 2 is 1.55 bits per heavy atom. The van der Waals surface area contributed by atoms with Crippen molar-refractivity contribution in [3.05, 3.63) is 90.0 Å². The summed E-state index contributed by atoms with van der Waals surface area (Å²) < 4.78 is 5.89. The van der Waals surface area contributed by atoms with E-state index < -0.39 is 6.10 Å². The third kappa shape index (κ3) is 6.40. The van der Waals surface area contributed by atoms with Gasteiger partial charge in [-0.05, 0) is 60.4 Å². The van der Waals surface area contributed by atoms with Gasteiger partial charge in [0.2, 0.25) is 0 Å². The summed E-state index contributed by atoms with van der Waals surface area (Å²) in [7, 11) is 0. The van der Waals surface area contributed by atoms with Gasteiger partial charge in [0.15, 0.2) is 6.10 Å². The molecule has 0 saturated carbocycles. The smallest absolute Gasteiger partial charge is 0.265 e. The van der Waals surface area contributed by atoms with Gasteiger partial charge in [0, 0.05) is 16.3 Å². The third-order valence-corrected chi connectivity index (χ3v) is 5.73. The number of ether oxygens (including phenoxy) is 1. The average Bonchev–Trinajstić information content (AvgIpc) is 2.78. The molecule has 3 nitrogen and oxygen atoms in total. The minimum atomic E-state index is -0.518. The summed E-state index contributed by atoms with van der Waals surface area (Å²) in [5.41, 5.74) is 3.25. The number of amides is 1. The molecule has 3 aromatic carbocycles. The van der Waals surface area contributed by atoms with Crippen LogP contribution in [0.25, 0.3) is 0 Å². The molecule has 0 aromatic heterocycles. The number of rotatable bonds is 9. The van der Waals surface area contributed by atoms with Crippen molar-refractivity contribution in [3.8, 4) is 5.75 Å². The Balaban J connectivity index is 1.54. The van der Waals surface area contributed by atoms with Gasteiger partial charge in [-0.1, -0.05) is 56.3 Å². The van der Waals surface area contributed by atoms with Crippen LogP contribution in [0.2, 0.25) is 0 Å². The van der Waals surface area contributed by atoms with Crippen LogP contribution in [-0.4, -0.2) is 12.0 Å². The van der Waals surface area contributed by atoms with E-state index in [1.165, 1.54) is 16.0 Å². The maximum absolute atomic E-state index is 12.6. The molecule has 0 heterocycles. The number of nitrogens with one attached hydrogen (secondary N) is 1. The van der Waals surface area contributed by atoms with Crippen LogP contribution in [0.3, 0.4) is 0 Å². The van der Waals surface area contributed by atoms with Crippen LogP contribution in [0.1, 0.15) is 31.4 Å². The van der Waals surface area contributed by atoms with E-state index in [1.54, 1.807) is 11.8 Å². The van der Waals surface area contributed by atoms with Gasteiger partial charge in [-0.25, -0.2) is 0 Å². The van der Waals surface area contributed by atoms with Crippen molar-refractivity contribution in [3.63, 3.8) is 0 Å². The second-order valence-electron chi connectivity index (χ2n) is 6.80. The Bertz CT molecular complexity index is 892. The standard InChI is InChI=1S/C25H27NO2S/c1-3-19-12-16-22(17-13-19)28-24(4-2)25(27)26-21-14-10-20(11-15-21)18-29-23-8-6-5-7-9-23/h5-17,24H,3-4,18H2,1-2H3,(H,26,27)/t24-/m1/s1. The molecule has 0 unspecified atom stereocenters. The van der Waals surface area contributed by atoms with Crippen molar-refractivity contribution >= 4 is 23.4 Å². The first-order valence-corrected chi connectivity index (χ1v) is 11.0. The topological polar surface area (TPSA) is 38.3 Å². The van der Waals surface area contributed by atoms with E-state index in [2.05, 4.69) is 36.5 Å². The summed E-state index contributed by atoms with van der Waals surface area (Å²) in [4.78, 5) is 13.9. The van der Waals surface area contributed by atoms with Crippen molar-refractivity contribution < 1.29 is 9.53 Å². The minimum Gasteiger partial charge on any atom is -0.481 e. The molecular weight excluding hydrogens is 378 g/mol. The Labute approximate surface area is 177 Å². The van der Waals surface area contributed by atoms with Crippen LogP contribution in [0.4, 0.5) is 5.69 Å². The minimum absolute atomic E-state index is 0.126. The predicted molar refractivity (Wildman–Crippen MR) is 122 cm³/mol. The van der Waals surface area contributed by atoms with Gasteiger partial charge in [-0.2, -0.15) is 0 Å². The van der Waals surface area contributed by atoms with Gasteiger partial charge in [-0.3, -0.25) is 4.79 Å². The number of carbonyl (C=O) groups excluding carboxylic acids is 1. The Morgan fingerprint density at radius 1 is 0.897 bits per heavy atom. The quantitative estimate of drug-likeness (QED) is 0.422. The molecule has 1 atom stereocenters. The number of carbonyl (C=O) groups is 1. The summed E-state index contributed by atoms with van der Waals surface area (Å²) in [5.74, 6) is 1.49. The summed E-state index contributed by atoms with van der Waals surface area (Å²) in [6.45, 7) is 4.07. The molecule has 0 aliphatic carbocycles. The highest BCUT2D eigenvalue weighted by atomic mass is 32.2. The van der Waals surface area contributed by atoms with Crippen LogP contribution < -0.4 is 10.1 Å². The van der Waals surface area contributed by atoms with E-state index in [-0.39, 0.29) is 5.91 Å². The van der Waals surface area contributed by atoms with Crippen molar-refractivity contribution in [2.75, 3.05) is 5.32 Å². The zero-order chi connectivity index (χ0) is 20.5. The molecule has 0 bridgehead atoms. The Hall–Kier alpha value is -2.72. The highest BCUT2D eigenvalue weighted by Gasteiger charge is 2.18. The summed E-state index contributed by atoms with van der Waals surface area (Å²) in [5, 5.41) is 2.97. The maximum atomic E-state index is 12.6. The lowest BCUT2D eigenvalue weighted by Gasteiger charge is -2.17. The lowest BCUT2D eigenvalue weighted by Crippen LogP contribution is -2.32. The van der Waals surface area contributed by atoms with E-state index in [1.807, 2.05) is 61.5 Å². The molecular formula is C25H27NO2S. The lowest BCUT2D eigenvalue weighted by atomic mass is 10.1. The van der Waals surface area contributed by atoms with Gasteiger partial charge < -0.3 is 10.1 Å². The fraction of sp³-hybridized carbons (Fsp3) is 0.240. The Kier molecular flexibility index (Phi) is 7.77. The van der Waals surface area contributed by atoms with E-state index >= 15 is 0 Å². The number of anilines is 1. The molecule has 0 spiro atoms. The highest BCUT2D eigenvalue weighted by molar-refractivity contribution is 7.98.